The van der Waals surface area contributed by atoms with Crippen LogP contribution >= 0.6 is 11.6 Å². The highest BCUT2D eigenvalue weighted by Crippen LogP contribution is 2.34. The third-order valence-electron chi connectivity index (χ3n) is 5.47. The Morgan fingerprint density at radius 2 is 1.87 bits per heavy atom. The number of benzene rings is 3. The van der Waals surface area contributed by atoms with Gasteiger partial charge in [-0.05, 0) is 60.9 Å². The summed E-state index contributed by atoms with van der Waals surface area (Å²) in [5.41, 5.74) is 5.81. The van der Waals surface area contributed by atoms with E-state index in [1.807, 2.05) is 67.6 Å². The second-order valence-corrected chi connectivity index (χ2v) is 8.70. The van der Waals surface area contributed by atoms with Crippen molar-refractivity contribution >= 4 is 34.6 Å². The van der Waals surface area contributed by atoms with Crippen LogP contribution in [-0.2, 0) is 17.8 Å². The number of hydrazone groups is 1. The molecule has 0 aliphatic rings. The predicted octanol–water partition coefficient (Wildman–Crippen LogP) is 6.12. The van der Waals surface area contributed by atoms with E-state index in [0.717, 1.165) is 22.1 Å². The number of nitrogens with zero attached hydrogens (tertiary/aromatic N) is 2. The number of fused-ring (bicyclic) bond motifs is 1. The minimum absolute atomic E-state index is 0.198. The summed E-state index contributed by atoms with van der Waals surface area (Å²) in [6.45, 7) is 6.39. The molecular weight excluding hydrogens is 502 g/mol. The van der Waals surface area contributed by atoms with Crippen LogP contribution in [0.5, 0.6) is 17.2 Å². The molecule has 0 bridgehead atoms. The van der Waals surface area contributed by atoms with Crippen molar-refractivity contribution in [1.29, 1.82) is 0 Å². The standard InChI is InChI=1S/C30H28ClN3O4/c1-3-7-24-16-22(17-27(36-4-2)30(24)38-19-21-11-13-25(31)14-12-21)18-33-34-28(35)20-37-26-10-5-8-23-9-6-15-32-29(23)26/h3,5-6,8-18H,1,4,7,19-20H2,2H3,(H,34,35)/b33-18-. The van der Waals surface area contributed by atoms with Crippen molar-refractivity contribution in [2.45, 2.75) is 20.0 Å². The highest BCUT2D eigenvalue weighted by atomic mass is 35.5. The van der Waals surface area contributed by atoms with Crippen molar-refractivity contribution in [3.05, 3.63) is 107 Å². The normalized spacial score (nSPS) is 10.9. The van der Waals surface area contributed by atoms with Gasteiger partial charge in [-0.25, -0.2) is 5.43 Å². The molecular formula is C30H28ClN3O4. The van der Waals surface area contributed by atoms with Crippen molar-refractivity contribution in [3.63, 3.8) is 0 Å². The van der Waals surface area contributed by atoms with Gasteiger partial charge in [-0.3, -0.25) is 9.78 Å². The van der Waals surface area contributed by atoms with E-state index in [1.54, 1.807) is 24.6 Å². The van der Waals surface area contributed by atoms with Gasteiger partial charge in [0.2, 0.25) is 0 Å². The Labute approximate surface area is 226 Å². The number of hydrogen-bond donors (Lipinski definition) is 1. The van der Waals surface area contributed by atoms with Gasteiger partial charge in [0.25, 0.3) is 5.91 Å². The molecule has 38 heavy (non-hydrogen) atoms. The summed E-state index contributed by atoms with van der Waals surface area (Å²) in [6, 6.07) is 20.6. The molecule has 1 aromatic heterocycles. The molecule has 194 valence electrons. The van der Waals surface area contributed by atoms with Crippen LogP contribution in [0.4, 0.5) is 0 Å². The SMILES string of the molecule is C=CCc1cc(/C=N\NC(=O)COc2cccc3cccnc23)cc(OCC)c1OCc1ccc(Cl)cc1. The second kappa shape index (κ2) is 13.3. The molecule has 1 heterocycles. The number of carbonyl (C=O) groups excluding carboxylic acids is 1. The number of carbonyl (C=O) groups is 1. The summed E-state index contributed by atoms with van der Waals surface area (Å²) < 4.78 is 17.7. The zero-order valence-electron chi connectivity index (χ0n) is 21.0. The first kappa shape index (κ1) is 26.7. The van der Waals surface area contributed by atoms with Crippen LogP contribution in [0.2, 0.25) is 5.02 Å². The lowest BCUT2D eigenvalue weighted by Gasteiger charge is -2.17. The molecule has 0 aliphatic carbocycles. The smallest absolute Gasteiger partial charge is 0.277 e. The van der Waals surface area contributed by atoms with Crippen molar-refractivity contribution < 1.29 is 19.0 Å². The largest absolute Gasteiger partial charge is 0.490 e. The zero-order chi connectivity index (χ0) is 26.7. The Morgan fingerprint density at radius 3 is 2.66 bits per heavy atom. The van der Waals surface area contributed by atoms with Gasteiger partial charge in [-0.1, -0.05) is 48.0 Å². The molecule has 0 atom stereocenters. The third-order valence-corrected chi connectivity index (χ3v) is 5.72. The molecule has 3 aromatic carbocycles. The number of rotatable bonds is 12. The van der Waals surface area contributed by atoms with Gasteiger partial charge in [0.15, 0.2) is 18.1 Å². The number of aromatic nitrogens is 1. The summed E-state index contributed by atoms with van der Waals surface area (Å²) in [6.07, 6.45) is 5.60. The number of pyridine rings is 1. The van der Waals surface area contributed by atoms with Crippen LogP contribution in [0.15, 0.2) is 90.7 Å². The summed E-state index contributed by atoms with van der Waals surface area (Å²) >= 11 is 5.99. The third kappa shape index (κ3) is 7.11. The van der Waals surface area contributed by atoms with Crippen LogP contribution < -0.4 is 19.6 Å². The average Bonchev–Trinajstić information content (AvgIpc) is 2.93. The Bertz CT molecular complexity index is 1430. The Hall–Kier alpha value is -4.36. The van der Waals surface area contributed by atoms with Gasteiger partial charge in [0.1, 0.15) is 17.9 Å². The minimum Gasteiger partial charge on any atom is -0.490 e. The first-order valence-electron chi connectivity index (χ1n) is 12.1. The lowest BCUT2D eigenvalue weighted by atomic mass is 10.1. The lowest BCUT2D eigenvalue weighted by Crippen LogP contribution is -2.24. The number of para-hydroxylation sites is 1. The topological polar surface area (TPSA) is 82.0 Å². The number of allylic oxidation sites excluding steroid dienone is 1. The summed E-state index contributed by atoms with van der Waals surface area (Å²) in [7, 11) is 0. The number of hydrogen-bond acceptors (Lipinski definition) is 6. The van der Waals surface area contributed by atoms with Crippen molar-refractivity contribution in [2.75, 3.05) is 13.2 Å². The van der Waals surface area contributed by atoms with Gasteiger partial charge in [0.05, 0.1) is 12.8 Å². The van der Waals surface area contributed by atoms with E-state index in [2.05, 4.69) is 22.1 Å². The molecule has 0 saturated carbocycles. The van der Waals surface area contributed by atoms with E-state index in [9.17, 15) is 4.79 Å². The first-order chi connectivity index (χ1) is 18.6. The summed E-state index contributed by atoms with van der Waals surface area (Å²) in [5, 5.41) is 5.70. The Kier molecular flexibility index (Phi) is 9.32. The zero-order valence-corrected chi connectivity index (χ0v) is 21.8. The van der Waals surface area contributed by atoms with Crippen LogP contribution in [0, 0.1) is 0 Å². The fraction of sp³-hybridized carbons (Fsp3) is 0.167. The van der Waals surface area contributed by atoms with Gasteiger partial charge < -0.3 is 14.2 Å². The molecule has 1 N–H and O–H groups in total. The minimum atomic E-state index is -0.395. The first-order valence-corrected chi connectivity index (χ1v) is 12.5. The number of halogens is 1. The fourth-order valence-electron chi connectivity index (χ4n) is 3.77. The Balaban J connectivity index is 1.43. The monoisotopic (exact) mass is 529 g/mol. The maximum Gasteiger partial charge on any atom is 0.277 e. The van der Waals surface area contributed by atoms with Gasteiger partial charge in [-0.2, -0.15) is 5.10 Å². The molecule has 0 radical (unpaired) electrons. The van der Waals surface area contributed by atoms with Crippen LogP contribution in [0.25, 0.3) is 10.9 Å². The molecule has 0 unspecified atom stereocenters. The molecule has 0 aliphatic heterocycles. The average molecular weight is 530 g/mol. The molecule has 7 nitrogen and oxygen atoms in total. The molecule has 0 spiro atoms. The van der Waals surface area contributed by atoms with Crippen LogP contribution in [-0.4, -0.2) is 30.3 Å². The molecule has 4 rings (SSSR count). The predicted molar refractivity (Wildman–Crippen MR) is 150 cm³/mol. The number of ether oxygens (including phenoxy) is 3. The van der Waals surface area contributed by atoms with E-state index in [0.29, 0.717) is 47.4 Å². The van der Waals surface area contributed by atoms with E-state index in [4.69, 9.17) is 25.8 Å². The van der Waals surface area contributed by atoms with Gasteiger partial charge >= 0.3 is 0 Å². The Morgan fingerprint density at radius 1 is 1.05 bits per heavy atom. The summed E-state index contributed by atoms with van der Waals surface area (Å²) in [5.74, 6) is 1.36. The molecule has 4 aromatic rings. The quantitative estimate of drug-likeness (QED) is 0.136. The summed E-state index contributed by atoms with van der Waals surface area (Å²) in [4.78, 5) is 16.7. The molecule has 0 saturated heterocycles. The van der Waals surface area contributed by atoms with Crippen LogP contribution in [0.3, 0.4) is 0 Å². The van der Waals surface area contributed by atoms with Gasteiger partial charge in [0, 0.05) is 22.2 Å². The van der Waals surface area contributed by atoms with E-state index >= 15 is 0 Å². The molecule has 8 heteroatoms. The maximum atomic E-state index is 12.3. The van der Waals surface area contributed by atoms with Crippen molar-refractivity contribution in [1.82, 2.24) is 10.4 Å². The van der Waals surface area contributed by atoms with Crippen molar-refractivity contribution in [3.8, 4) is 17.2 Å². The van der Waals surface area contributed by atoms with Gasteiger partial charge in [-0.15, -0.1) is 6.58 Å². The van der Waals surface area contributed by atoms with E-state index in [-0.39, 0.29) is 6.61 Å². The second-order valence-electron chi connectivity index (χ2n) is 8.26. The van der Waals surface area contributed by atoms with Crippen molar-refractivity contribution in [2.24, 2.45) is 5.10 Å². The number of amides is 1. The highest BCUT2D eigenvalue weighted by Gasteiger charge is 2.14. The molecule has 0 fully saturated rings. The highest BCUT2D eigenvalue weighted by molar-refractivity contribution is 6.30. The van der Waals surface area contributed by atoms with Crippen LogP contribution in [0.1, 0.15) is 23.6 Å². The fourth-order valence-corrected chi connectivity index (χ4v) is 3.90. The number of nitrogens with one attached hydrogen (secondary N) is 1. The maximum absolute atomic E-state index is 12.3. The van der Waals surface area contributed by atoms with E-state index < -0.39 is 5.91 Å². The molecule has 1 amide bonds. The van der Waals surface area contributed by atoms with E-state index in [1.165, 1.54) is 0 Å². The lowest BCUT2D eigenvalue weighted by molar-refractivity contribution is -0.123.